The Balaban J connectivity index is 1.77. The number of allylic oxidation sites excluding steroid dienone is 1. The average Bonchev–Trinajstić information content (AvgIpc) is 3.24. The van der Waals surface area contributed by atoms with Gasteiger partial charge in [-0.25, -0.2) is 4.21 Å². The third kappa shape index (κ3) is 3.02. The van der Waals surface area contributed by atoms with E-state index in [0.29, 0.717) is 5.92 Å². The van der Waals surface area contributed by atoms with Crippen LogP contribution in [0.15, 0.2) is 12.7 Å². The van der Waals surface area contributed by atoms with Gasteiger partial charge in [0.2, 0.25) is 5.91 Å². The Bertz CT molecular complexity index is 363. The molecule has 2 fully saturated rings. The molecule has 0 spiro atoms. The zero-order valence-corrected chi connectivity index (χ0v) is 11.9. The Kier molecular flexibility index (Phi) is 4.25. The number of nitrogens with one attached hydrogen (secondary N) is 1. The van der Waals surface area contributed by atoms with Crippen molar-refractivity contribution >= 4 is 16.9 Å². The maximum absolute atomic E-state index is 12.2. The van der Waals surface area contributed by atoms with Gasteiger partial charge in [0, 0.05) is 5.92 Å². The van der Waals surface area contributed by atoms with Crippen molar-refractivity contribution in [3.8, 4) is 0 Å². The fourth-order valence-electron chi connectivity index (χ4n) is 2.53. The minimum atomic E-state index is -1.18. The first kappa shape index (κ1) is 13.8. The van der Waals surface area contributed by atoms with Crippen molar-refractivity contribution in [1.82, 2.24) is 4.72 Å². The van der Waals surface area contributed by atoms with Gasteiger partial charge in [-0.15, -0.1) is 6.58 Å². The van der Waals surface area contributed by atoms with Gasteiger partial charge in [-0.1, -0.05) is 19.4 Å². The summed E-state index contributed by atoms with van der Waals surface area (Å²) in [5.74, 6) is 0.663. The van der Waals surface area contributed by atoms with E-state index in [1.165, 1.54) is 0 Å². The number of unbranched alkanes of at least 4 members (excludes halogenated alkanes) is 1. The molecule has 1 amide bonds. The molecule has 3 nitrogen and oxygen atoms in total. The van der Waals surface area contributed by atoms with Gasteiger partial charge in [-0.2, -0.15) is 0 Å². The van der Waals surface area contributed by atoms with Crippen molar-refractivity contribution in [3.63, 3.8) is 0 Å². The summed E-state index contributed by atoms with van der Waals surface area (Å²) in [6.45, 7) is 5.80. The minimum absolute atomic E-state index is 0.00943. The molecule has 0 saturated heterocycles. The molecule has 0 aliphatic heterocycles. The van der Waals surface area contributed by atoms with Crippen LogP contribution in [-0.2, 0) is 15.8 Å². The van der Waals surface area contributed by atoms with Gasteiger partial charge >= 0.3 is 0 Å². The molecule has 2 saturated carbocycles. The van der Waals surface area contributed by atoms with E-state index >= 15 is 0 Å². The number of amides is 1. The highest BCUT2D eigenvalue weighted by atomic mass is 32.2. The first-order valence-corrected chi connectivity index (χ1v) is 8.11. The zero-order valence-electron chi connectivity index (χ0n) is 11.1. The number of carbonyl (C=O) groups is 1. The summed E-state index contributed by atoms with van der Waals surface area (Å²) in [6.07, 6.45) is 8.82. The van der Waals surface area contributed by atoms with Crippen LogP contribution in [0.5, 0.6) is 0 Å². The fourth-order valence-corrected chi connectivity index (χ4v) is 3.88. The summed E-state index contributed by atoms with van der Waals surface area (Å²) in [5.41, 5.74) is 0. The normalized spacial score (nSPS) is 29.4. The van der Waals surface area contributed by atoms with Crippen LogP contribution in [0.4, 0.5) is 0 Å². The second-order valence-corrected chi connectivity index (χ2v) is 7.22. The fraction of sp³-hybridized carbons (Fsp3) is 0.786. The monoisotopic (exact) mass is 269 g/mol. The van der Waals surface area contributed by atoms with Crippen molar-refractivity contribution in [1.29, 1.82) is 0 Å². The van der Waals surface area contributed by atoms with Crippen LogP contribution in [0.3, 0.4) is 0 Å². The highest BCUT2D eigenvalue weighted by molar-refractivity contribution is 7.85. The lowest BCUT2D eigenvalue weighted by molar-refractivity contribution is -0.120. The van der Waals surface area contributed by atoms with Crippen molar-refractivity contribution in [2.45, 2.75) is 56.6 Å². The molecule has 1 unspecified atom stereocenters. The van der Waals surface area contributed by atoms with Crippen molar-refractivity contribution in [2.75, 3.05) is 0 Å². The highest BCUT2D eigenvalue weighted by Crippen LogP contribution is 2.46. The maximum Gasteiger partial charge on any atom is 0.235 e. The third-order valence-electron chi connectivity index (χ3n) is 4.22. The summed E-state index contributed by atoms with van der Waals surface area (Å²) in [6, 6.07) is 0. The molecule has 0 aromatic rings. The number of hydrogen-bond donors (Lipinski definition) is 1. The van der Waals surface area contributed by atoms with E-state index in [1.807, 2.05) is 6.08 Å². The first-order valence-electron chi connectivity index (χ1n) is 6.96. The van der Waals surface area contributed by atoms with Crippen LogP contribution in [-0.4, -0.2) is 14.9 Å². The van der Waals surface area contributed by atoms with Gasteiger partial charge in [0.1, 0.15) is 11.0 Å². The lowest BCUT2D eigenvalue weighted by Crippen LogP contribution is -2.35. The summed E-state index contributed by atoms with van der Waals surface area (Å²) in [4.78, 5) is 11.9. The lowest BCUT2D eigenvalue weighted by atomic mass is 10.2. The Morgan fingerprint density at radius 1 is 1.56 bits per heavy atom. The molecule has 0 aromatic carbocycles. The molecule has 2 rings (SSSR count). The molecule has 0 radical (unpaired) electrons. The van der Waals surface area contributed by atoms with E-state index in [9.17, 15) is 9.00 Å². The van der Waals surface area contributed by atoms with E-state index in [4.69, 9.17) is 0 Å². The van der Waals surface area contributed by atoms with Crippen molar-refractivity contribution < 1.29 is 9.00 Å². The highest BCUT2D eigenvalue weighted by Gasteiger charge is 2.50. The summed E-state index contributed by atoms with van der Waals surface area (Å²) in [5, 5.41) is 0. The second-order valence-electron chi connectivity index (χ2n) is 5.61. The summed E-state index contributed by atoms with van der Waals surface area (Å²) >= 11 is 0. The van der Waals surface area contributed by atoms with E-state index in [0.717, 1.165) is 44.9 Å². The zero-order chi connectivity index (χ0) is 13.2. The molecule has 0 heterocycles. The van der Waals surface area contributed by atoms with Crippen LogP contribution in [0.1, 0.15) is 51.9 Å². The molecule has 18 heavy (non-hydrogen) atoms. The molecular weight excluding hydrogens is 246 g/mol. The van der Waals surface area contributed by atoms with Crippen molar-refractivity contribution in [3.05, 3.63) is 12.7 Å². The molecule has 102 valence electrons. The van der Waals surface area contributed by atoms with Gasteiger partial charge in [0.15, 0.2) is 0 Å². The Morgan fingerprint density at radius 3 is 2.78 bits per heavy atom. The molecule has 0 bridgehead atoms. The van der Waals surface area contributed by atoms with Crippen LogP contribution < -0.4 is 4.72 Å². The maximum atomic E-state index is 12.2. The Morgan fingerprint density at radius 2 is 2.28 bits per heavy atom. The topological polar surface area (TPSA) is 46.2 Å². The molecule has 3 atom stereocenters. The van der Waals surface area contributed by atoms with Crippen LogP contribution in [0.25, 0.3) is 0 Å². The SMILES string of the molecule is C=CCCCC1(S(=O)NC(=O)[C@H]2C[C@H]2CC)CC1. The van der Waals surface area contributed by atoms with Crippen LogP contribution in [0.2, 0.25) is 0 Å². The first-order chi connectivity index (χ1) is 8.63. The van der Waals surface area contributed by atoms with Gasteiger partial charge in [-0.05, 0) is 44.4 Å². The van der Waals surface area contributed by atoms with E-state index in [-0.39, 0.29) is 16.6 Å². The molecule has 0 aromatic heterocycles. The van der Waals surface area contributed by atoms with Crippen molar-refractivity contribution in [2.24, 2.45) is 11.8 Å². The third-order valence-corrected chi connectivity index (χ3v) is 6.00. The molecular formula is C14H23NO2S. The molecule has 2 aliphatic carbocycles. The minimum Gasteiger partial charge on any atom is -0.274 e. The van der Waals surface area contributed by atoms with Crippen LogP contribution >= 0.6 is 0 Å². The quantitative estimate of drug-likeness (QED) is 0.544. The summed E-state index contributed by atoms with van der Waals surface area (Å²) in [7, 11) is -1.18. The van der Waals surface area contributed by atoms with Crippen LogP contribution in [0, 0.1) is 11.8 Å². The second kappa shape index (κ2) is 5.55. The number of rotatable bonds is 8. The van der Waals surface area contributed by atoms with Gasteiger partial charge in [-0.3, -0.25) is 9.52 Å². The average molecular weight is 269 g/mol. The largest absolute Gasteiger partial charge is 0.274 e. The Labute approximate surface area is 112 Å². The van der Waals surface area contributed by atoms with E-state index in [1.54, 1.807) is 0 Å². The van der Waals surface area contributed by atoms with E-state index in [2.05, 4.69) is 18.2 Å². The van der Waals surface area contributed by atoms with E-state index < -0.39 is 11.0 Å². The van der Waals surface area contributed by atoms with Gasteiger partial charge in [0.25, 0.3) is 0 Å². The van der Waals surface area contributed by atoms with Gasteiger partial charge < -0.3 is 0 Å². The predicted octanol–water partition coefficient (Wildman–Crippen LogP) is 2.70. The standard InChI is InChI=1S/C14H23NO2S/c1-3-5-6-7-14(8-9-14)18(17)15-13(16)12-10-11(12)4-2/h3,11-12H,1,4-10H2,2H3,(H,15,16)/t11-,12+,18?/m1/s1. The number of hydrogen-bond acceptors (Lipinski definition) is 2. The lowest BCUT2D eigenvalue weighted by Gasteiger charge is -2.14. The summed E-state index contributed by atoms with van der Waals surface area (Å²) < 4.78 is 14.8. The molecule has 4 heteroatoms. The predicted molar refractivity (Wildman–Crippen MR) is 74.2 cm³/mol. The smallest absolute Gasteiger partial charge is 0.235 e. The Hall–Kier alpha value is -0.640. The van der Waals surface area contributed by atoms with Gasteiger partial charge in [0.05, 0.1) is 4.75 Å². The molecule has 2 aliphatic rings. The number of carbonyl (C=O) groups excluding carboxylic acids is 1. The molecule has 1 N–H and O–H groups in total.